The number of benzene rings is 5. The average Bonchev–Trinajstić information content (AvgIpc) is 3.72. The lowest BCUT2D eigenvalue weighted by molar-refractivity contribution is 0.867. The molecule has 0 saturated heterocycles. The molecule has 5 nitrogen and oxygen atoms in total. The van der Waals surface area contributed by atoms with Gasteiger partial charge in [0.15, 0.2) is 0 Å². The minimum atomic E-state index is 0.447. The van der Waals surface area contributed by atoms with E-state index in [4.69, 9.17) is 9.97 Å². The number of para-hydroxylation sites is 4. The lowest BCUT2D eigenvalue weighted by atomic mass is 9.90. The van der Waals surface area contributed by atoms with Gasteiger partial charge < -0.3 is 0 Å². The van der Waals surface area contributed by atoms with E-state index in [2.05, 4.69) is 136 Å². The second kappa shape index (κ2) is 7.70. The second-order valence-electron chi connectivity index (χ2n) is 11.0. The third-order valence-electron chi connectivity index (χ3n) is 8.37. The summed E-state index contributed by atoms with van der Waals surface area (Å²) in [5, 5.41) is 0. The molecule has 0 fully saturated rings. The Morgan fingerprint density at radius 3 is 1.68 bits per heavy atom. The Morgan fingerprint density at radius 1 is 0.500 bits per heavy atom. The van der Waals surface area contributed by atoms with Crippen LogP contribution in [0, 0.1) is 0 Å². The van der Waals surface area contributed by atoms with E-state index in [-0.39, 0.29) is 0 Å². The Morgan fingerprint density at radius 2 is 1.07 bits per heavy atom. The fourth-order valence-electron chi connectivity index (χ4n) is 6.45. The van der Waals surface area contributed by atoms with Gasteiger partial charge in [0.25, 0.3) is 0 Å². The van der Waals surface area contributed by atoms with Gasteiger partial charge in [-0.25, -0.2) is 14.4 Å². The minimum absolute atomic E-state index is 0.447. The Balaban J connectivity index is 1.48. The van der Waals surface area contributed by atoms with Crippen molar-refractivity contribution in [2.45, 2.75) is 19.8 Å². The maximum atomic E-state index is 5.10. The van der Waals surface area contributed by atoms with Gasteiger partial charge in [0.05, 0.1) is 33.1 Å². The lowest BCUT2D eigenvalue weighted by Crippen LogP contribution is -1.93. The van der Waals surface area contributed by atoms with Gasteiger partial charge >= 0.3 is 0 Å². The van der Waals surface area contributed by atoms with Crippen molar-refractivity contribution in [2.24, 2.45) is 0 Å². The molecule has 9 rings (SSSR count). The molecule has 0 bridgehead atoms. The molecule has 0 saturated carbocycles. The number of imidazole rings is 4. The second-order valence-corrected chi connectivity index (χ2v) is 11.0. The van der Waals surface area contributed by atoms with Crippen LogP contribution in [0.25, 0.3) is 72.4 Å². The van der Waals surface area contributed by atoms with E-state index < -0.39 is 0 Å². The minimum Gasteiger partial charge on any atom is -0.276 e. The molecule has 5 aromatic carbocycles. The van der Waals surface area contributed by atoms with Crippen molar-refractivity contribution in [1.29, 1.82) is 0 Å². The summed E-state index contributed by atoms with van der Waals surface area (Å²) in [5.74, 6) is 2.23. The Bertz CT molecular complexity index is 2280. The van der Waals surface area contributed by atoms with Crippen molar-refractivity contribution in [2.75, 3.05) is 0 Å². The van der Waals surface area contributed by atoms with Crippen LogP contribution in [0.5, 0.6) is 0 Å². The van der Waals surface area contributed by atoms with Crippen LogP contribution < -0.4 is 0 Å². The van der Waals surface area contributed by atoms with Gasteiger partial charge in [0.1, 0.15) is 5.52 Å². The molecule has 0 N–H and O–H groups in total. The fraction of sp³-hybridized carbons (Fsp3) is 0.0857. The molecule has 5 heteroatoms. The van der Waals surface area contributed by atoms with E-state index in [0.29, 0.717) is 5.92 Å². The summed E-state index contributed by atoms with van der Waals surface area (Å²) in [6, 6.07) is 39.1. The monoisotopic (exact) mass is 515 g/mol. The fourth-order valence-corrected chi connectivity index (χ4v) is 6.45. The molecular formula is C35H25N5. The van der Waals surface area contributed by atoms with Gasteiger partial charge in [-0.05, 0) is 70.1 Å². The SMILES string of the molecule is CC(C)c1ccc(-c2cc3c4c(c2)n2c5ccccc5nc2n4c2nc4ccccc4n32)c(-c2ccccc2)c1. The first-order valence-corrected chi connectivity index (χ1v) is 13.8. The number of fused-ring (bicyclic) bond motifs is 10. The van der Waals surface area contributed by atoms with Crippen LogP contribution in [0.1, 0.15) is 25.3 Å². The summed E-state index contributed by atoms with van der Waals surface area (Å²) >= 11 is 0. The summed E-state index contributed by atoms with van der Waals surface area (Å²) in [6.07, 6.45) is 0. The predicted molar refractivity (Wildman–Crippen MR) is 164 cm³/mol. The quantitative estimate of drug-likeness (QED) is 0.236. The smallest absolute Gasteiger partial charge is 0.223 e. The summed E-state index contributed by atoms with van der Waals surface area (Å²) in [5.41, 5.74) is 13.8. The number of nitrogens with zero attached hydrogens (tertiary/aromatic N) is 5. The molecule has 4 heterocycles. The third-order valence-corrected chi connectivity index (χ3v) is 8.37. The van der Waals surface area contributed by atoms with Crippen molar-refractivity contribution >= 4 is 50.2 Å². The molecule has 0 aliphatic heterocycles. The topological polar surface area (TPSA) is 39.0 Å². The van der Waals surface area contributed by atoms with Gasteiger partial charge in [-0.1, -0.05) is 86.6 Å². The first-order valence-electron chi connectivity index (χ1n) is 13.8. The maximum absolute atomic E-state index is 5.10. The average molecular weight is 516 g/mol. The van der Waals surface area contributed by atoms with Gasteiger partial charge in [0.2, 0.25) is 11.6 Å². The first-order chi connectivity index (χ1) is 19.7. The Kier molecular flexibility index (Phi) is 4.19. The zero-order chi connectivity index (χ0) is 26.5. The van der Waals surface area contributed by atoms with Gasteiger partial charge in [0, 0.05) is 0 Å². The van der Waals surface area contributed by atoms with Crippen molar-refractivity contribution in [3.8, 4) is 22.3 Å². The van der Waals surface area contributed by atoms with Gasteiger partial charge in [-0.3, -0.25) is 8.80 Å². The van der Waals surface area contributed by atoms with E-state index in [1.165, 1.54) is 27.8 Å². The number of hydrogen-bond donors (Lipinski definition) is 0. The van der Waals surface area contributed by atoms with E-state index in [0.717, 1.165) is 50.2 Å². The van der Waals surface area contributed by atoms with Crippen LogP contribution >= 0.6 is 0 Å². The highest BCUT2D eigenvalue weighted by atomic mass is 15.3. The summed E-state index contributed by atoms with van der Waals surface area (Å²) < 4.78 is 6.82. The molecular weight excluding hydrogens is 490 g/mol. The first kappa shape index (κ1) is 21.7. The van der Waals surface area contributed by atoms with E-state index >= 15 is 0 Å². The molecule has 0 aliphatic carbocycles. The van der Waals surface area contributed by atoms with Crippen LogP contribution in [-0.2, 0) is 0 Å². The zero-order valence-electron chi connectivity index (χ0n) is 22.2. The summed E-state index contributed by atoms with van der Waals surface area (Å²) in [6.45, 7) is 4.51. The van der Waals surface area contributed by atoms with Crippen LogP contribution in [0.15, 0.2) is 109 Å². The molecule has 0 atom stereocenters. The van der Waals surface area contributed by atoms with Crippen molar-refractivity contribution < 1.29 is 0 Å². The van der Waals surface area contributed by atoms with Crippen LogP contribution in [-0.4, -0.2) is 23.2 Å². The molecule has 9 aromatic rings. The normalized spacial score (nSPS) is 12.5. The Labute approximate surface area is 229 Å². The molecule has 40 heavy (non-hydrogen) atoms. The molecule has 0 amide bonds. The maximum Gasteiger partial charge on any atom is 0.223 e. The van der Waals surface area contributed by atoms with Crippen LogP contribution in [0.2, 0.25) is 0 Å². The molecule has 0 radical (unpaired) electrons. The standard InChI is InChI=1S/C35H25N5/c1-21(2)23-16-17-25(26(18-23)22-10-4-3-5-11-22)24-19-31-33-32(20-24)39-30-15-9-7-13-28(30)37-35(39)40(33)34-36-27-12-6-8-14-29(27)38(31)34/h3-21H,1-2H3. The lowest BCUT2D eigenvalue weighted by Gasteiger charge is -2.15. The van der Waals surface area contributed by atoms with Gasteiger partial charge in [-0.15, -0.1) is 0 Å². The molecule has 0 unspecified atom stereocenters. The number of aromatic nitrogens is 5. The van der Waals surface area contributed by atoms with E-state index in [1.54, 1.807) is 0 Å². The number of rotatable bonds is 3. The molecule has 0 spiro atoms. The largest absolute Gasteiger partial charge is 0.276 e. The van der Waals surface area contributed by atoms with E-state index in [9.17, 15) is 0 Å². The Hall–Kier alpha value is -5.16. The summed E-state index contributed by atoms with van der Waals surface area (Å²) in [4.78, 5) is 10.2. The molecule has 190 valence electrons. The van der Waals surface area contributed by atoms with Crippen LogP contribution in [0.4, 0.5) is 0 Å². The van der Waals surface area contributed by atoms with Crippen molar-refractivity contribution in [3.05, 3.63) is 115 Å². The third kappa shape index (κ3) is 2.76. The highest BCUT2D eigenvalue weighted by Crippen LogP contribution is 2.40. The van der Waals surface area contributed by atoms with Crippen LogP contribution in [0.3, 0.4) is 0 Å². The number of hydrogen-bond acceptors (Lipinski definition) is 2. The van der Waals surface area contributed by atoms with Crippen molar-refractivity contribution in [3.63, 3.8) is 0 Å². The molecule has 4 aromatic heterocycles. The zero-order valence-corrected chi connectivity index (χ0v) is 22.2. The summed E-state index contributed by atoms with van der Waals surface area (Å²) in [7, 11) is 0. The predicted octanol–water partition coefficient (Wildman–Crippen LogP) is 8.59. The highest BCUT2D eigenvalue weighted by Gasteiger charge is 2.25. The van der Waals surface area contributed by atoms with E-state index in [1.807, 2.05) is 0 Å². The highest BCUT2D eigenvalue weighted by molar-refractivity contribution is 6.06. The molecule has 0 aliphatic rings. The van der Waals surface area contributed by atoms with Gasteiger partial charge in [-0.2, -0.15) is 0 Å². The van der Waals surface area contributed by atoms with Crippen molar-refractivity contribution in [1.82, 2.24) is 23.2 Å².